The summed E-state index contributed by atoms with van der Waals surface area (Å²) in [5, 5.41) is 5.09. The molecule has 1 nitrogen and oxygen atoms in total. The molecule has 0 saturated carbocycles. The van der Waals surface area contributed by atoms with Gasteiger partial charge in [-0.25, -0.2) is 0 Å². The van der Waals surface area contributed by atoms with Gasteiger partial charge in [0.1, 0.15) is 0 Å². The molecule has 0 bridgehead atoms. The van der Waals surface area contributed by atoms with Crippen molar-refractivity contribution < 1.29 is 0 Å². The second-order valence-corrected chi connectivity index (χ2v) is 17.6. The number of rotatable bonds is 4. The minimum Gasteiger partial charge on any atom is -0.310 e. The molecule has 0 aliphatic heterocycles. The standard InChI is InChI=1S/C60H41N/c1-59(2)53-33-31-42(35-51(53)52-37-50(39-17-4-3-5-18-39)44-20-8-9-24-49(44)58(52)59)61(41-29-28-38-16-6-7-19-40(38)34-41)43-30-32-48-47-23-12-15-27-56(47)60(57(48)36-43)54-25-13-10-21-45(54)46-22-11-14-26-55(46)60/h3-37H,1-2H3. The van der Waals surface area contributed by atoms with Crippen LogP contribution >= 0.6 is 0 Å². The topological polar surface area (TPSA) is 3.24 Å². The van der Waals surface area contributed by atoms with Crippen molar-refractivity contribution in [3.8, 4) is 44.5 Å². The van der Waals surface area contributed by atoms with Crippen molar-refractivity contribution in [2.75, 3.05) is 4.90 Å². The Balaban J connectivity index is 1.07. The van der Waals surface area contributed by atoms with Crippen LogP contribution in [0.1, 0.15) is 47.2 Å². The first-order valence-corrected chi connectivity index (χ1v) is 21.5. The third-order valence-corrected chi connectivity index (χ3v) is 14.2. The zero-order chi connectivity index (χ0) is 40.5. The maximum atomic E-state index is 2.51. The zero-order valence-electron chi connectivity index (χ0n) is 34.2. The number of benzene rings is 10. The lowest BCUT2D eigenvalue weighted by atomic mass is 9.70. The van der Waals surface area contributed by atoms with E-state index in [2.05, 4.69) is 231 Å². The lowest BCUT2D eigenvalue weighted by Crippen LogP contribution is -2.26. The van der Waals surface area contributed by atoms with E-state index >= 15 is 0 Å². The summed E-state index contributed by atoms with van der Waals surface area (Å²) in [6.07, 6.45) is 0. The van der Waals surface area contributed by atoms with Crippen molar-refractivity contribution in [1.82, 2.24) is 0 Å². The summed E-state index contributed by atoms with van der Waals surface area (Å²) in [4.78, 5) is 2.50. The van der Waals surface area contributed by atoms with E-state index in [9.17, 15) is 0 Å². The van der Waals surface area contributed by atoms with Crippen molar-refractivity contribution in [3.63, 3.8) is 0 Å². The molecule has 3 aliphatic rings. The van der Waals surface area contributed by atoms with E-state index in [0.29, 0.717) is 0 Å². The van der Waals surface area contributed by atoms with Gasteiger partial charge in [-0.2, -0.15) is 0 Å². The lowest BCUT2D eigenvalue weighted by molar-refractivity contribution is 0.666. The molecule has 1 spiro atoms. The summed E-state index contributed by atoms with van der Waals surface area (Å²) in [6.45, 7) is 4.81. The van der Waals surface area contributed by atoms with Gasteiger partial charge in [-0.15, -0.1) is 0 Å². The van der Waals surface area contributed by atoms with Gasteiger partial charge in [0, 0.05) is 22.5 Å². The first kappa shape index (κ1) is 34.4. The maximum Gasteiger partial charge on any atom is 0.0726 e. The summed E-state index contributed by atoms with van der Waals surface area (Å²) in [7, 11) is 0. The van der Waals surface area contributed by atoms with E-state index in [1.54, 1.807) is 0 Å². The Morgan fingerprint density at radius 1 is 0.311 bits per heavy atom. The number of anilines is 3. The van der Waals surface area contributed by atoms with Gasteiger partial charge >= 0.3 is 0 Å². The Hall–Kier alpha value is -7.48. The van der Waals surface area contributed by atoms with Crippen LogP contribution in [0.25, 0.3) is 66.1 Å². The Morgan fingerprint density at radius 3 is 1.54 bits per heavy atom. The van der Waals surface area contributed by atoms with Gasteiger partial charge in [-0.3, -0.25) is 0 Å². The van der Waals surface area contributed by atoms with Crippen molar-refractivity contribution in [2.45, 2.75) is 24.7 Å². The molecule has 0 atom stereocenters. The minimum absolute atomic E-state index is 0.180. The average molecular weight is 776 g/mol. The fourth-order valence-corrected chi connectivity index (χ4v) is 11.7. The summed E-state index contributed by atoms with van der Waals surface area (Å²) in [6, 6.07) is 79.7. The largest absolute Gasteiger partial charge is 0.310 e. The molecule has 13 rings (SSSR count). The second-order valence-electron chi connectivity index (χ2n) is 17.6. The third kappa shape index (κ3) is 4.61. The van der Waals surface area contributed by atoms with E-state index in [-0.39, 0.29) is 5.41 Å². The Morgan fingerprint density at radius 2 is 0.836 bits per heavy atom. The quantitative estimate of drug-likeness (QED) is 0.172. The predicted octanol–water partition coefficient (Wildman–Crippen LogP) is 15.8. The van der Waals surface area contributed by atoms with Crippen LogP contribution in [0.3, 0.4) is 0 Å². The van der Waals surface area contributed by atoms with Crippen LogP contribution in [0, 0.1) is 0 Å². The van der Waals surface area contributed by atoms with E-state index in [0.717, 1.165) is 17.1 Å². The summed E-state index contributed by atoms with van der Waals surface area (Å²) >= 11 is 0. The molecule has 61 heavy (non-hydrogen) atoms. The maximum absolute atomic E-state index is 2.51. The molecule has 0 radical (unpaired) electrons. The van der Waals surface area contributed by atoms with Crippen LogP contribution in [0.4, 0.5) is 17.1 Å². The summed E-state index contributed by atoms with van der Waals surface area (Å²) < 4.78 is 0. The highest BCUT2D eigenvalue weighted by Gasteiger charge is 2.51. The van der Waals surface area contributed by atoms with Crippen LogP contribution < -0.4 is 4.90 Å². The van der Waals surface area contributed by atoms with Crippen LogP contribution in [0.5, 0.6) is 0 Å². The van der Waals surface area contributed by atoms with E-state index in [4.69, 9.17) is 0 Å². The fraction of sp³-hybridized carbons (Fsp3) is 0.0667. The monoisotopic (exact) mass is 775 g/mol. The Bertz CT molecular complexity index is 3400. The molecular weight excluding hydrogens is 735 g/mol. The highest BCUT2D eigenvalue weighted by atomic mass is 15.1. The molecule has 286 valence electrons. The third-order valence-electron chi connectivity index (χ3n) is 14.2. The summed E-state index contributed by atoms with van der Waals surface area (Å²) in [5.41, 5.74) is 21.4. The number of nitrogens with zero attached hydrogens (tertiary/aromatic N) is 1. The molecule has 0 heterocycles. The normalized spacial score (nSPS) is 14.3. The average Bonchev–Trinajstić information content (AvgIpc) is 3.87. The lowest BCUT2D eigenvalue weighted by Gasteiger charge is -2.32. The van der Waals surface area contributed by atoms with Gasteiger partial charge in [0.25, 0.3) is 0 Å². The van der Waals surface area contributed by atoms with E-state index < -0.39 is 5.41 Å². The Kier molecular flexibility index (Phi) is 7.06. The van der Waals surface area contributed by atoms with Crippen molar-refractivity contribution in [3.05, 3.63) is 246 Å². The Labute approximate surface area is 356 Å². The molecule has 0 N–H and O–H groups in total. The molecule has 0 aromatic heterocycles. The second kappa shape index (κ2) is 12.5. The molecule has 10 aromatic rings. The summed E-state index contributed by atoms with van der Waals surface area (Å²) in [5.74, 6) is 0. The molecule has 3 aliphatic carbocycles. The molecule has 1 heteroatoms. The highest BCUT2D eigenvalue weighted by molar-refractivity contribution is 6.06. The van der Waals surface area contributed by atoms with Gasteiger partial charge < -0.3 is 4.90 Å². The molecule has 0 amide bonds. The number of hydrogen-bond donors (Lipinski definition) is 0. The van der Waals surface area contributed by atoms with Gasteiger partial charge in [0.2, 0.25) is 0 Å². The first-order chi connectivity index (χ1) is 30.0. The first-order valence-electron chi connectivity index (χ1n) is 21.5. The fourth-order valence-electron chi connectivity index (χ4n) is 11.7. The van der Waals surface area contributed by atoms with E-state index in [1.165, 1.54) is 99.4 Å². The smallest absolute Gasteiger partial charge is 0.0726 e. The molecule has 0 fully saturated rings. The van der Waals surface area contributed by atoms with Gasteiger partial charge in [0.05, 0.1) is 5.41 Å². The number of hydrogen-bond acceptors (Lipinski definition) is 1. The molecular formula is C60H41N. The predicted molar refractivity (Wildman–Crippen MR) is 255 cm³/mol. The number of fused-ring (bicyclic) bond motifs is 16. The van der Waals surface area contributed by atoms with Crippen LogP contribution in [0.2, 0.25) is 0 Å². The van der Waals surface area contributed by atoms with Gasteiger partial charge in [-0.1, -0.05) is 184 Å². The molecule has 10 aromatic carbocycles. The van der Waals surface area contributed by atoms with Crippen LogP contribution in [0.15, 0.2) is 212 Å². The SMILES string of the molecule is CC1(C)c2ccc(N(c3ccc4c(c3)C3(c5ccccc5-c5ccccc53)c3ccccc3-4)c3ccc4ccccc4c3)cc2-c2cc(-c3ccccc3)c3ccccc3c21. The molecule has 0 saturated heterocycles. The van der Waals surface area contributed by atoms with Crippen molar-refractivity contribution in [1.29, 1.82) is 0 Å². The van der Waals surface area contributed by atoms with Gasteiger partial charge in [-0.05, 0) is 142 Å². The highest BCUT2D eigenvalue weighted by Crippen LogP contribution is 2.63. The van der Waals surface area contributed by atoms with Crippen molar-refractivity contribution >= 4 is 38.6 Å². The van der Waals surface area contributed by atoms with Crippen molar-refractivity contribution in [2.24, 2.45) is 0 Å². The zero-order valence-corrected chi connectivity index (χ0v) is 34.2. The van der Waals surface area contributed by atoms with E-state index in [1.807, 2.05) is 0 Å². The van der Waals surface area contributed by atoms with Gasteiger partial charge in [0.15, 0.2) is 0 Å². The van der Waals surface area contributed by atoms with Crippen LogP contribution in [-0.2, 0) is 10.8 Å². The molecule has 0 unspecified atom stereocenters. The van der Waals surface area contributed by atoms with Crippen LogP contribution in [-0.4, -0.2) is 0 Å². The minimum atomic E-state index is -0.431.